The van der Waals surface area contributed by atoms with Crippen LogP contribution in [0.4, 0.5) is 27.8 Å². The fraction of sp³-hybridized carbons (Fsp3) is 0.286. The number of nitrogens with one attached hydrogen (secondary N) is 1. The zero-order chi connectivity index (χ0) is 23.0. The lowest BCUT2D eigenvalue weighted by atomic mass is 10.0. The van der Waals surface area contributed by atoms with Crippen molar-refractivity contribution in [2.45, 2.75) is 18.4 Å². The number of rotatable bonds is 6. The Morgan fingerprint density at radius 1 is 1.22 bits per heavy atom. The van der Waals surface area contributed by atoms with Crippen LogP contribution in [0.3, 0.4) is 0 Å². The van der Waals surface area contributed by atoms with E-state index >= 15 is 0 Å². The minimum atomic E-state index is -4.89. The average Bonchev–Trinajstić information content (AvgIpc) is 2.71. The van der Waals surface area contributed by atoms with Gasteiger partial charge in [0.25, 0.3) is 0 Å². The van der Waals surface area contributed by atoms with Gasteiger partial charge in [-0.3, -0.25) is 4.90 Å². The molecule has 1 aliphatic rings. The molecule has 1 aromatic heterocycles. The molecule has 6 nitrogen and oxygen atoms in total. The topological polar surface area (TPSA) is 78.4 Å². The summed E-state index contributed by atoms with van der Waals surface area (Å²) in [5.74, 6) is -2.40. The number of carboxylic acids is 1. The molecule has 1 saturated heterocycles. The van der Waals surface area contributed by atoms with Crippen LogP contribution in [0.5, 0.6) is 0 Å². The first-order chi connectivity index (χ1) is 15.1. The van der Waals surface area contributed by atoms with Gasteiger partial charge < -0.3 is 10.4 Å². The van der Waals surface area contributed by atoms with Crippen molar-refractivity contribution in [3.8, 4) is 0 Å². The number of halogens is 5. The third-order valence-corrected chi connectivity index (χ3v) is 5.26. The summed E-state index contributed by atoms with van der Waals surface area (Å²) in [7, 11) is 0. The number of alkyl halides is 4. The predicted molar refractivity (Wildman–Crippen MR) is 106 cm³/mol. The van der Waals surface area contributed by atoms with E-state index in [-0.39, 0.29) is 42.1 Å². The summed E-state index contributed by atoms with van der Waals surface area (Å²) in [5, 5.41) is 12.8. The molecule has 2 N–H and O–H groups in total. The van der Waals surface area contributed by atoms with Gasteiger partial charge >= 0.3 is 12.1 Å². The fourth-order valence-electron chi connectivity index (χ4n) is 3.67. The Balaban J connectivity index is 1.74. The number of likely N-dealkylation sites (tertiary alicyclic amines) is 1. The van der Waals surface area contributed by atoms with Crippen molar-refractivity contribution in [2.24, 2.45) is 0 Å². The van der Waals surface area contributed by atoms with E-state index < -0.39 is 35.7 Å². The fourth-order valence-corrected chi connectivity index (χ4v) is 3.67. The number of fused-ring (bicyclic) bond motifs is 1. The van der Waals surface area contributed by atoms with E-state index in [0.717, 1.165) is 12.4 Å². The van der Waals surface area contributed by atoms with Crippen LogP contribution in [-0.4, -0.2) is 51.7 Å². The van der Waals surface area contributed by atoms with Crippen LogP contribution in [0, 0.1) is 5.82 Å². The molecule has 0 unspecified atom stereocenters. The Morgan fingerprint density at radius 3 is 2.62 bits per heavy atom. The molecule has 1 fully saturated rings. The summed E-state index contributed by atoms with van der Waals surface area (Å²) in [6, 6.07) is 6.31. The number of carboxylic acid groups (broad SMARTS) is 1. The molecule has 2 aromatic carbocycles. The number of anilines is 1. The molecule has 11 heteroatoms. The second kappa shape index (κ2) is 8.30. The highest BCUT2D eigenvalue weighted by molar-refractivity contribution is 6.04. The van der Waals surface area contributed by atoms with Crippen LogP contribution in [0.25, 0.3) is 10.9 Å². The Kier molecular flexibility index (Phi) is 5.68. The first-order valence-electron chi connectivity index (χ1n) is 9.60. The number of para-hydroxylation sites is 1. The molecule has 4 rings (SSSR count). The molecule has 0 amide bonds. The lowest BCUT2D eigenvalue weighted by molar-refractivity contribution is -0.140. The van der Waals surface area contributed by atoms with E-state index in [4.69, 9.17) is 0 Å². The third kappa shape index (κ3) is 4.33. The zero-order valence-electron chi connectivity index (χ0n) is 16.4. The van der Waals surface area contributed by atoms with Gasteiger partial charge in [-0.05, 0) is 29.8 Å². The number of carbonyl (C=O) groups is 1. The lowest BCUT2D eigenvalue weighted by Crippen LogP contribution is -2.50. The SMILES string of the molecule is O=C(O)c1cccc2c(N[C@H](CN3CC(F)C3)c3ccc(F)c(C(F)(F)F)c3)ncnc12. The van der Waals surface area contributed by atoms with Gasteiger partial charge in [0, 0.05) is 25.0 Å². The maximum atomic E-state index is 13.8. The van der Waals surface area contributed by atoms with Crippen molar-refractivity contribution in [3.05, 3.63) is 65.2 Å². The van der Waals surface area contributed by atoms with Gasteiger partial charge in [-0.1, -0.05) is 12.1 Å². The average molecular weight is 452 g/mol. The van der Waals surface area contributed by atoms with Gasteiger partial charge in [-0.25, -0.2) is 23.5 Å². The maximum absolute atomic E-state index is 13.8. The molecule has 2 heterocycles. The molecular weight excluding hydrogens is 435 g/mol. The van der Waals surface area contributed by atoms with Crippen LogP contribution >= 0.6 is 0 Å². The minimum absolute atomic E-state index is 0.0614. The molecule has 1 aliphatic heterocycles. The van der Waals surface area contributed by atoms with Crippen molar-refractivity contribution in [3.63, 3.8) is 0 Å². The third-order valence-electron chi connectivity index (χ3n) is 5.26. The van der Waals surface area contributed by atoms with Gasteiger partial charge in [0.2, 0.25) is 0 Å². The van der Waals surface area contributed by atoms with E-state index in [1.807, 2.05) is 0 Å². The van der Waals surface area contributed by atoms with Gasteiger partial charge in [-0.2, -0.15) is 13.2 Å². The summed E-state index contributed by atoms with van der Waals surface area (Å²) in [6.45, 7) is 0.381. The second-order valence-corrected chi connectivity index (χ2v) is 7.48. The van der Waals surface area contributed by atoms with E-state index in [2.05, 4.69) is 15.3 Å². The van der Waals surface area contributed by atoms with Gasteiger partial charge in [0.1, 0.15) is 24.1 Å². The smallest absolute Gasteiger partial charge is 0.419 e. The molecule has 0 spiro atoms. The van der Waals surface area contributed by atoms with Crippen LogP contribution in [0.15, 0.2) is 42.7 Å². The highest BCUT2D eigenvalue weighted by Crippen LogP contribution is 2.35. The first kappa shape index (κ1) is 21.9. The minimum Gasteiger partial charge on any atom is -0.478 e. The molecule has 32 heavy (non-hydrogen) atoms. The molecule has 0 saturated carbocycles. The molecule has 0 bridgehead atoms. The number of hydrogen-bond acceptors (Lipinski definition) is 5. The summed E-state index contributed by atoms with van der Waals surface area (Å²) >= 11 is 0. The van der Waals surface area contributed by atoms with Crippen LogP contribution in [0.1, 0.15) is 27.5 Å². The largest absolute Gasteiger partial charge is 0.478 e. The molecule has 0 aliphatic carbocycles. The number of hydrogen-bond donors (Lipinski definition) is 2. The first-order valence-corrected chi connectivity index (χ1v) is 9.60. The molecule has 1 atom stereocenters. The monoisotopic (exact) mass is 452 g/mol. The normalized spacial score (nSPS) is 16.0. The highest BCUT2D eigenvalue weighted by Gasteiger charge is 2.35. The second-order valence-electron chi connectivity index (χ2n) is 7.48. The number of aromatic nitrogens is 2. The number of benzene rings is 2. The van der Waals surface area contributed by atoms with E-state index in [0.29, 0.717) is 11.5 Å². The van der Waals surface area contributed by atoms with Crippen molar-refractivity contribution in [1.29, 1.82) is 0 Å². The van der Waals surface area contributed by atoms with Gasteiger partial charge in [-0.15, -0.1) is 0 Å². The van der Waals surface area contributed by atoms with Crippen LogP contribution in [0.2, 0.25) is 0 Å². The Hall–Kier alpha value is -3.34. The van der Waals surface area contributed by atoms with Crippen LogP contribution < -0.4 is 5.32 Å². The molecular formula is C21H17F5N4O2. The Labute approximate surface area is 178 Å². The van der Waals surface area contributed by atoms with E-state index in [1.54, 1.807) is 11.0 Å². The number of aromatic carboxylic acids is 1. The molecule has 0 radical (unpaired) electrons. The Bertz CT molecular complexity index is 1160. The predicted octanol–water partition coefficient (Wildman–Crippen LogP) is 4.29. The summed E-state index contributed by atoms with van der Waals surface area (Å²) in [6.07, 6.45) is -4.77. The quantitative estimate of drug-likeness (QED) is 0.544. The van der Waals surface area contributed by atoms with Crippen LogP contribution in [-0.2, 0) is 6.18 Å². The summed E-state index contributed by atoms with van der Waals surface area (Å²) in [5.41, 5.74) is -1.19. The van der Waals surface area contributed by atoms with E-state index in [1.165, 1.54) is 18.2 Å². The summed E-state index contributed by atoms with van der Waals surface area (Å²) < 4.78 is 66.8. The zero-order valence-corrected chi connectivity index (χ0v) is 16.4. The lowest BCUT2D eigenvalue weighted by Gasteiger charge is -2.37. The highest BCUT2D eigenvalue weighted by atomic mass is 19.4. The van der Waals surface area contributed by atoms with Crippen molar-refractivity contribution in [2.75, 3.05) is 25.0 Å². The van der Waals surface area contributed by atoms with Gasteiger partial charge in [0.15, 0.2) is 0 Å². The maximum Gasteiger partial charge on any atom is 0.419 e. The van der Waals surface area contributed by atoms with Gasteiger partial charge in [0.05, 0.1) is 22.7 Å². The summed E-state index contributed by atoms with van der Waals surface area (Å²) in [4.78, 5) is 21.3. The molecule has 168 valence electrons. The standard InChI is InChI=1S/C21H17F5N4O2/c22-12-7-30(8-12)9-17(11-4-5-16(23)15(6-11)21(24,25)26)29-19-13-2-1-3-14(20(31)32)18(13)27-10-28-19/h1-6,10,12,17H,7-9H2,(H,31,32)(H,27,28,29)/t17-/m1/s1. The van der Waals surface area contributed by atoms with Crippen molar-refractivity contribution >= 4 is 22.7 Å². The number of nitrogens with zero attached hydrogens (tertiary/aromatic N) is 3. The Morgan fingerprint density at radius 2 is 1.97 bits per heavy atom. The van der Waals surface area contributed by atoms with Crippen molar-refractivity contribution in [1.82, 2.24) is 14.9 Å². The van der Waals surface area contributed by atoms with Crippen molar-refractivity contribution < 1.29 is 31.9 Å². The molecule has 3 aromatic rings. The van der Waals surface area contributed by atoms with E-state index in [9.17, 15) is 31.9 Å².